The fraction of sp³-hybridized carbons (Fsp3) is 0.333. The Morgan fingerprint density at radius 3 is 1.67 bits per heavy atom. The van der Waals surface area contributed by atoms with Gasteiger partial charge in [-0.05, 0) is 0 Å². The van der Waals surface area contributed by atoms with Crippen LogP contribution in [0.4, 0.5) is 13.2 Å². The first-order valence-electron chi connectivity index (χ1n) is 2.08. The summed E-state index contributed by atoms with van der Waals surface area (Å²) >= 11 is 0. The third-order valence-corrected chi connectivity index (χ3v) is 0.555. The van der Waals surface area contributed by atoms with Gasteiger partial charge in [-0.2, -0.15) is 13.2 Å². The molecule has 0 amide bonds. The molecule has 9 heteroatoms. The summed E-state index contributed by atoms with van der Waals surface area (Å²) in [5.41, 5.74) is 0. The molecule has 58 valence electrons. The molecule has 0 rings (SSSR count). The van der Waals surface area contributed by atoms with Gasteiger partial charge in [0.25, 0.3) is 0 Å². The first-order chi connectivity index (χ1) is 4.34. The van der Waals surface area contributed by atoms with Gasteiger partial charge in [-0.15, -0.1) is 0 Å². The van der Waals surface area contributed by atoms with Crippen molar-refractivity contribution in [1.29, 1.82) is 0 Å². The van der Waals surface area contributed by atoms with Gasteiger partial charge >= 0.3 is 109 Å². The van der Waals surface area contributed by atoms with Gasteiger partial charge in [0, 0.05) is 0 Å². The maximum atomic E-state index is 11.3. The number of halogens is 3. The topological polar surface area (TPSA) is 55.3 Å². The molecule has 0 aromatic heterocycles. The standard InChI is InChI=1S/C3H2BF3O3.2K/c1-2(3(5,6)7)10-4(8)9;;/h1H2;;/q-2;2*+1. The molecule has 0 saturated carbocycles. The SMILES string of the molecule is C=C(OB([O-])[O-])C(F)(F)F.[K+].[K+]. The van der Waals surface area contributed by atoms with Gasteiger partial charge in [0.1, 0.15) is 7.32 Å². The van der Waals surface area contributed by atoms with Crippen molar-refractivity contribution in [1.82, 2.24) is 0 Å². The van der Waals surface area contributed by atoms with Gasteiger partial charge in [0.05, 0.1) is 0 Å². The van der Waals surface area contributed by atoms with Crippen molar-refractivity contribution in [2.24, 2.45) is 0 Å². The van der Waals surface area contributed by atoms with E-state index in [9.17, 15) is 23.2 Å². The molecule has 0 aromatic rings. The van der Waals surface area contributed by atoms with Crippen molar-refractivity contribution in [3.63, 3.8) is 0 Å². The van der Waals surface area contributed by atoms with Crippen LogP contribution in [0.15, 0.2) is 12.3 Å². The fourth-order valence-corrected chi connectivity index (χ4v) is 0.183. The summed E-state index contributed by atoms with van der Waals surface area (Å²) in [6.07, 6.45) is -4.83. The van der Waals surface area contributed by atoms with Crippen LogP contribution in [-0.4, -0.2) is 13.5 Å². The zero-order valence-corrected chi connectivity index (χ0v) is 12.9. The molecule has 0 saturated heterocycles. The first kappa shape index (κ1) is 20.1. The number of alkyl halides is 3. The van der Waals surface area contributed by atoms with Gasteiger partial charge in [0.2, 0.25) is 0 Å². The van der Waals surface area contributed by atoms with Crippen molar-refractivity contribution in [3.05, 3.63) is 12.3 Å². The normalized spacial score (nSPS) is 9.08. The van der Waals surface area contributed by atoms with Gasteiger partial charge in [0.15, 0.2) is 5.76 Å². The Morgan fingerprint density at radius 2 is 1.58 bits per heavy atom. The Bertz CT molecular complexity index is 139. The minimum absolute atomic E-state index is 0. The minimum Gasteiger partial charge on any atom is -0.860 e. The molecule has 0 heterocycles. The van der Waals surface area contributed by atoms with Gasteiger partial charge < -0.3 is 14.7 Å². The van der Waals surface area contributed by atoms with E-state index in [4.69, 9.17) is 0 Å². The summed E-state index contributed by atoms with van der Waals surface area (Å²) in [4.78, 5) is 0. The summed E-state index contributed by atoms with van der Waals surface area (Å²) in [6, 6.07) is 0. The van der Waals surface area contributed by atoms with E-state index in [0.29, 0.717) is 0 Å². The Hall–Kier alpha value is 2.59. The van der Waals surface area contributed by atoms with Crippen LogP contribution in [0.1, 0.15) is 0 Å². The third-order valence-electron chi connectivity index (χ3n) is 0.555. The Balaban J connectivity index is -0.000000405. The van der Waals surface area contributed by atoms with Gasteiger partial charge in [-0.3, -0.25) is 0 Å². The largest absolute Gasteiger partial charge is 1.00 e. The molecule has 0 spiro atoms. The Labute approximate surface area is 153 Å². The summed E-state index contributed by atoms with van der Waals surface area (Å²) in [7, 11) is -2.98. The monoisotopic (exact) mass is 232 g/mol. The van der Waals surface area contributed by atoms with E-state index in [1.54, 1.807) is 0 Å². The molecule has 12 heavy (non-hydrogen) atoms. The number of hydrogen-bond acceptors (Lipinski definition) is 3. The van der Waals surface area contributed by atoms with E-state index in [1.165, 1.54) is 0 Å². The van der Waals surface area contributed by atoms with Crippen LogP contribution in [0.3, 0.4) is 0 Å². The molecule has 0 bridgehead atoms. The molecule has 0 aromatic carbocycles. The van der Waals surface area contributed by atoms with E-state index in [1.807, 2.05) is 0 Å². The van der Waals surface area contributed by atoms with Gasteiger partial charge in [-0.1, -0.05) is 6.58 Å². The molecular formula is C3H2BF3K2O3. The maximum absolute atomic E-state index is 11.3. The number of rotatable bonds is 2. The van der Waals surface area contributed by atoms with Crippen molar-refractivity contribution >= 4 is 7.32 Å². The molecule has 0 unspecified atom stereocenters. The van der Waals surface area contributed by atoms with E-state index >= 15 is 0 Å². The quantitative estimate of drug-likeness (QED) is 0.351. The Kier molecular flexibility index (Phi) is 14.8. The zero-order chi connectivity index (χ0) is 8.36. The van der Waals surface area contributed by atoms with E-state index in [2.05, 4.69) is 11.2 Å². The predicted octanol–water partition coefficient (Wildman–Crippen LogP) is -7.21. The van der Waals surface area contributed by atoms with E-state index in [0.717, 1.165) is 0 Å². The third kappa shape index (κ3) is 10.7. The Morgan fingerprint density at radius 1 is 1.25 bits per heavy atom. The average Bonchev–Trinajstić information content (AvgIpc) is 1.60. The first-order valence-corrected chi connectivity index (χ1v) is 2.08. The average molecular weight is 232 g/mol. The summed E-state index contributed by atoms with van der Waals surface area (Å²) in [6.45, 7) is 2.32. The van der Waals surface area contributed by atoms with Crippen LogP contribution >= 0.6 is 0 Å². The summed E-state index contributed by atoms with van der Waals surface area (Å²) < 4.78 is 37.1. The number of hydrogen-bond donors (Lipinski definition) is 0. The van der Waals surface area contributed by atoms with E-state index < -0.39 is 19.3 Å². The molecular weight excluding hydrogens is 230 g/mol. The second-order valence-electron chi connectivity index (χ2n) is 1.33. The van der Waals surface area contributed by atoms with Crippen LogP contribution in [0, 0.1) is 0 Å². The maximum Gasteiger partial charge on any atom is 1.00 e. The van der Waals surface area contributed by atoms with Crippen molar-refractivity contribution in [3.8, 4) is 0 Å². The van der Waals surface area contributed by atoms with Gasteiger partial charge in [-0.25, -0.2) is 0 Å². The zero-order valence-electron chi connectivity index (χ0n) is 6.64. The summed E-state index contributed by atoms with van der Waals surface area (Å²) in [5, 5.41) is 18.9. The summed E-state index contributed by atoms with van der Waals surface area (Å²) in [5.74, 6) is -1.76. The fourth-order valence-electron chi connectivity index (χ4n) is 0.183. The molecule has 0 fully saturated rings. The molecule has 0 aliphatic rings. The van der Waals surface area contributed by atoms with Crippen LogP contribution in [0.2, 0.25) is 0 Å². The van der Waals surface area contributed by atoms with Crippen LogP contribution in [0.25, 0.3) is 0 Å². The molecule has 0 aliphatic heterocycles. The van der Waals surface area contributed by atoms with Crippen molar-refractivity contribution in [2.45, 2.75) is 6.18 Å². The molecule has 0 radical (unpaired) electrons. The minimum atomic E-state index is -4.83. The molecule has 0 atom stereocenters. The van der Waals surface area contributed by atoms with Crippen LogP contribution in [0.5, 0.6) is 0 Å². The molecule has 0 N–H and O–H groups in total. The van der Waals surface area contributed by atoms with Crippen LogP contribution < -0.4 is 113 Å². The van der Waals surface area contributed by atoms with Crippen molar-refractivity contribution < 1.29 is 131 Å². The van der Waals surface area contributed by atoms with Crippen LogP contribution in [-0.2, 0) is 4.65 Å². The van der Waals surface area contributed by atoms with Crippen molar-refractivity contribution in [2.75, 3.05) is 0 Å². The number of allylic oxidation sites excluding steroid dienone is 1. The second kappa shape index (κ2) is 8.86. The molecule has 0 aliphatic carbocycles. The smallest absolute Gasteiger partial charge is 0.860 e. The predicted molar refractivity (Wildman–Crippen MR) is 22.0 cm³/mol. The molecule has 3 nitrogen and oxygen atoms in total. The van der Waals surface area contributed by atoms with E-state index in [-0.39, 0.29) is 103 Å². The second-order valence-corrected chi connectivity index (χ2v) is 1.33.